The molecule has 0 saturated carbocycles. The lowest BCUT2D eigenvalue weighted by Gasteiger charge is -2.41. The highest BCUT2D eigenvalue weighted by Gasteiger charge is 2.35. The van der Waals surface area contributed by atoms with E-state index in [1.54, 1.807) is 30.0 Å². The van der Waals surface area contributed by atoms with E-state index in [1.807, 2.05) is 32.0 Å². The van der Waals surface area contributed by atoms with Crippen LogP contribution in [0.15, 0.2) is 42.5 Å². The molecule has 1 aliphatic rings. The van der Waals surface area contributed by atoms with Gasteiger partial charge in [-0.2, -0.15) is 8.78 Å². The fourth-order valence-corrected chi connectivity index (χ4v) is 3.32. The maximum atomic E-state index is 13.2. The van der Waals surface area contributed by atoms with Gasteiger partial charge in [0.1, 0.15) is 6.17 Å². The molecule has 2 aromatic carbocycles. The van der Waals surface area contributed by atoms with Crippen LogP contribution in [0.25, 0.3) is 0 Å². The van der Waals surface area contributed by atoms with Crippen LogP contribution >= 0.6 is 0 Å². The van der Waals surface area contributed by atoms with Gasteiger partial charge in [-0.05, 0) is 50.1 Å². The van der Waals surface area contributed by atoms with Gasteiger partial charge in [0, 0.05) is 11.7 Å². The minimum Gasteiger partial charge on any atom is -0.490 e. The first-order valence-corrected chi connectivity index (χ1v) is 9.36. The molecule has 0 aromatic heterocycles. The summed E-state index contributed by atoms with van der Waals surface area (Å²) in [5.74, 6) is 0.121. The number of para-hydroxylation sites is 1. The number of carbonyl (C=O) groups excluding carboxylic acids is 1. The lowest BCUT2D eigenvalue weighted by atomic mass is 10.0. The number of hydrogen-bond donors (Lipinski definition) is 1. The summed E-state index contributed by atoms with van der Waals surface area (Å²) < 4.78 is 35.4. The molecule has 5 nitrogen and oxygen atoms in total. The second-order valence-electron chi connectivity index (χ2n) is 6.58. The Hall–Kier alpha value is -2.83. The molecule has 150 valence electrons. The van der Waals surface area contributed by atoms with E-state index in [-0.39, 0.29) is 23.4 Å². The van der Waals surface area contributed by atoms with Gasteiger partial charge in [-0.1, -0.05) is 25.1 Å². The van der Waals surface area contributed by atoms with E-state index in [2.05, 4.69) is 10.1 Å². The highest BCUT2D eigenvalue weighted by molar-refractivity contribution is 6.01. The second-order valence-corrected chi connectivity index (χ2v) is 6.58. The molecule has 0 unspecified atom stereocenters. The number of benzene rings is 2. The molecule has 1 N–H and O–H groups in total. The highest BCUT2D eigenvalue weighted by Crippen LogP contribution is 2.38. The summed E-state index contributed by atoms with van der Waals surface area (Å²) in [5.41, 5.74) is 2.08. The van der Waals surface area contributed by atoms with Crippen molar-refractivity contribution in [1.82, 2.24) is 4.90 Å². The molecule has 0 fully saturated rings. The summed E-state index contributed by atoms with van der Waals surface area (Å²) in [6, 6.07) is 12.1. The Morgan fingerprint density at radius 3 is 2.57 bits per heavy atom. The molecular formula is C21H24F2N2O3. The maximum absolute atomic E-state index is 13.2. The third-order valence-corrected chi connectivity index (χ3v) is 4.83. The fraction of sp³-hybridized carbons (Fsp3) is 0.381. The Labute approximate surface area is 163 Å². The van der Waals surface area contributed by atoms with Crippen molar-refractivity contribution in [2.24, 2.45) is 0 Å². The number of rotatable bonds is 7. The van der Waals surface area contributed by atoms with E-state index in [4.69, 9.17) is 4.74 Å². The number of amides is 1. The summed E-state index contributed by atoms with van der Waals surface area (Å²) in [6.45, 7) is 3.13. The van der Waals surface area contributed by atoms with Gasteiger partial charge in [0.15, 0.2) is 11.5 Å². The average Bonchev–Trinajstić information content (AvgIpc) is 2.68. The maximum Gasteiger partial charge on any atom is 0.387 e. The van der Waals surface area contributed by atoms with E-state index >= 15 is 0 Å². The normalized spacial score (nSPS) is 17.1. The van der Waals surface area contributed by atoms with Crippen LogP contribution in [0.2, 0.25) is 0 Å². The summed E-state index contributed by atoms with van der Waals surface area (Å²) >= 11 is 0. The van der Waals surface area contributed by atoms with Gasteiger partial charge in [-0.15, -0.1) is 0 Å². The number of fused-ring (bicyclic) bond motifs is 1. The fourth-order valence-electron chi connectivity index (χ4n) is 3.32. The van der Waals surface area contributed by atoms with Crippen molar-refractivity contribution in [3.05, 3.63) is 53.6 Å². The Balaban J connectivity index is 2.04. The molecule has 2 aromatic rings. The summed E-state index contributed by atoms with van der Waals surface area (Å²) in [5, 5.41) is 3.40. The zero-order valence-electron chi connectivity index (χ0n) is 16.1. The smallest absolute Gasteiger partial charge is 0.387 e. The Morgan fingerprint density at radius 2 is 1.89 bits per heavy atom. The first kappa shape index (κ1) is 19.9. The van der Waals surface area contributed by atoms with Crippen LogP contribution in [-0.2, 0) is 0 Å². The number of alkyl halides is 2. The number of ether oxygens (including phenoxy) is 2. The van der Waals surface area contributed by atoms with Gasteiger partial charge < -0.3 is 19.7 Å². The lowest BCUT2D eigenvalue weighted by molar-refractivity contribution is -0.0514. The van der Waals surface area contributed by atoms with Crippen molar-refractivity contribution in [1.29, 1.82) is 0 Å². The molecule has 0 bridgehead atoms. The largest absolute Gasteiger partial charge is 0.490 e. The molecule has 0 aliphatic carbocycles. The van der Waals surface area contributed by atoms with Crippen LogP contribution in [-0.4, -0.2) is 30.1 Å². The molecule has 28 heavy (non-hydrogen) atoms. The second kappa shape index (κ2) is 8.46. The standard InChI is InChI=1S/C21H24F2N2O3/c1-4-13(3)25-19(24-16-9-7-6-8-15(16)20(25)26)14-10-11-17(28-21(22)23)18(12-14)27-5-2/h6-13,19,21,24H,4-5H2,1-3H3/t13-,19+/m1/s1. The van der Waals surface area contributed by atoms with Crippen molar-refractivity contribution in [3.63, 3.8) is 0 Å². The Morgan fingerprint density at radius 1 is 1.14 bits per heavy atom. The minimum atomic E-state index is -2.94. The molecule has 1 amide bonds. The minimum absolute atomic E-state index is 0.0223. The number of nitrogens with one attached hydrogen (secondary N) is 1. The molecule has 1 aliphatic heterocycles. The van der Waals surface area contributed by atoms with Crippen molar-refractivity contribution in [3.8, 4) is 11.5 Å². The molecular weight excluding hydrogens is 366 g/mol. The van der Waals surface area contributed by atoms with Crippen LogP contribution < -0.4 is 14.8 Å². The molecule has 1 heterocycles. The van der Waals surface area contributed by atoms with E-state index in [0.29, 0.717) is 12.2 Å². The summed E-state index contributed by atoms with van der Waals surface area (Å²) in [4.78, 5) is 14.9. The van der Waals surface area contributed by atoms with E-state index in [9.17, 15) is 13.6 Å². The number of carbonyl (C=O) groups is 1. The molecule has 0 radical (unpaired) electrons. The zero-order chi connectivity index (χ0) is 20.3. The predicted molar refractivity (Wildman–Crippen MR) is 103 cm³/mol. The van der Waals surface area contributed by atoms with Crippen LogP contribution in [0.5, 0.6) is 11.5 Å². The number of halogens is 2. The molecule has 3 rings (SSSR count). The van der Waals surface area contributed by atoms with Crippen molar-refractivity contribution in [2.75, 3.05) is 11.9 Å². The van der Waals surface area contributed by atoms with Crippen LogP contribution in [0, 0.1) is 0 Å². The first-order chi connectivity index (χ1) is 13.5. The third kappa shape index (κ3) is 3.88. The monoisotopic (exact) mass is 390 g/mol. The van der Waals surface area contributed by atoms with E-state index < -0.39 is 12.8 Å². The lowest BCUT2D eigenvalue weighted by Crippen LogP contribution is -2.47. The van der Waals surface area contributed by atoms with Gasteiger partial charge in [0.2, 0.25) is 0 Å². The van der Waals surface area contributed by atoms with Gasteiger partial charge in [0.25, 0.3) is 5.91 Å². The van der Waals surface area contributed by atoms with Gasteiger partial charge in [0.05, 0.1) is 12.2 Å². The number of nitrogens with zero attached hydrogens (tertiary/aromatic N) is 1. The zero-order valence-corrected chi connectivity index (χ0v) is 16.1. The van der Waals surface area contributed by atoms with Gasteiger partial charge >= 0.3 is 6.61 Å². The number of anilines is 1. The van der Waals surface area contributed by atoms with E-state index in [1.165, 1.54) is 6.07 Å². The first-order valence-electron chi connectivity index (χ1n) is 9.36. The highest BCUT2D eigenvalue weighted by atomic mass is 19.3. The van der Waals surface area contributed by atoms with Crippen LogP contribution in [0.3, 0.4) is 0 Å². The average molecular weight is 390 g/mol. The van der Waals surface area contributed by atoms with E-state index in [0.717, 1.165) is 17.7 Å². The van der Waals surface area contributed by atoms with Crippen LogP contribution in [0.4, 0.5) is 14.5 Å². The van der Waals surface area contributed by atoms with Crippen molar-refractivity contribution >= 4 is 11.6 Å². The third-order valence-electron chi connectivity index (χ3n) is 4.83. The number of hydrogen-bond acceptors (Lipinski definition) is 4. The SMILES string of the molecule is CCOc1cc([C@H]2Nc3ccccc3C(=O)N2[C@H](C)CC)ccc1OC(F)F. The van der Waals surface area contributed by atoms with Crippen LogP contribution in [0.1, 0.15) is 49.3 Å². The van der Waals surface area contributed by atoms with Gasteiger partial charge in [-0.25, -0.2) is 0 Å². The van der Waals surface area contributed by atoms with Crippen molar-refractivity contribution < 1.29 is 23.0 Å². The predicted octanol–water partition coefficient (Wildman–Crippen LogP) is 5.05. The molecule has 0 saturated heterocycles. The van der Waals surface area contributed by atoms with Crippen molar-refractivity contribution in [2.45, 2.75) is 46.0 Å². The molecule has 2 atom stereocenters. The summed E-state index contributed by atoms with van der Waals surface area (Å²) in [7, 11) is 0. The van der Waals surface area contributed by atoms with Gasteiger partial charge in [-0.3, -0.25) is 4.79 Å². The molecule has 7 heteroatoms. The quantitative estimate of drug-likeness (QED) is 0.719. The summed E-state index contributed by atoms with van der Waals surface area (Å²) in [6.07, 6.45) is 0.328. The topological polar surface area (TPSA) is 50.8 Å². The Kier molecular flexibility index (Phi) is 6.02. The Bertz CT molecular complexity index is 844. The molecule has 0 spiro atoms.